The number of carbonyl (C=O) groups is 2. The third kappa shape index (κ3) is 5.75. The molecule has 4 rings (SSSR count). The van der Waals surface area contributed by atoms with Crippen LogP contribution in [-0.2, 0) is 19.1 Å². The molecular formula is C41H62O4. The number of ether oxygens (including phenoxy) is 2. The fourth-order valence-electron chi connectivity index (χ4n) is 9.67. The molecule has 0 amide bonds. The second-order valence-corrected chi connectivity index (χ2v) is 16.9. The van der Waals surface area contributed by atoms with Crippen LogP contribution in [0, 0.1) is 64.6 Å². The lowest BCUT2D eigenvalue weighted by Crippen LogP contribution is -2.51. The van der Waals surface area contributed by atoms with Gasteiger partial charge in [-0.3, -0.25) is 0 Å². The highest BCUT2D eigenvalue weighted by Crippen LogP contribution is 2.61. The van der Waals surface area contributed by atoms with Gasteiger partial charge in [0.2, 0.25) is 0 Å². The maximum absolute atomic E-state index is 14.7. The Kier molecular flexibility index (Phi) is 10.0. The summed E-state index contributed by atoms with van der Waals surface area (Å²) in [6, 6.07) is 0. The highest BCUT2D eigenvalue weighted by Gasteiger charge is 2.60. The normalized spacial score (nSPS) is 32.4. The van der Waals surface area contributed by atoms with Crippen LogP contribution in [0.4, 0.5) is 0 Å². The van der Waals surface area contributed by atoms with Gasteiger partial charge in [0.15, 0.2) is 0 Å². The van der Waals surface area contributed by atoms with E-state index in [1.54, 1.807) is 0 Å². The number of carbonyl (C=O) groups excluding carboxylic acids is 2. The summed E-state index contributed by atoms with van der Waals surface area (Å²) in [5.74, 6) is 0.695. The topological polar surface area (TPSA) is 52.6 Å². The van der Waals surface area contributed by atoms with E-state index in [0.717, 1.165) is 12.8 Å². The van der Waals surface area contributed by atoms with Gasteiger partial charge in [-0.1, -0.05) is 132 Å². The molecule has 4 heteroatoms. The summed E-state index contributed by atoms with van der Waals surface area (Å²) in [7, 11) is 0. The molecule has 0 radical (unpaired) electrons. The number of hydrogen-bond acceptors (Lipinski definition) is 4. The Bertz CT molecular complexity index is 1210. The second kappa shape index (κ2) is 12.7. The predicted octanol–water partition coefficient (Wildman–Crippen LogP) is 10.1. The molecule has 0 spiro atoms. The van der Waals surface area contributed by atoms with Gasteiger partial charge in [-0.15, -0.1) is 0 Å². The molecule has 1 saturated carbocycles. The van der Waals surface area contributed by atoms with E-state index in [1.807, 2.05) is 0 Å². The van der Waals surface area contributed by atoms with Crippen molar-refractivity contribution in [1.29, 1.82) is 0 Å². The van der Waals surface area contributed by atoms with Gasteiger partial charge in [0.1, 0.15) is 11.2 Å². The SMILES string of the molecule is CC(C)C1=CC=CC(OC(=O)C2=C(C(=O)OC3(C(C)C)C=CC=C(C(C)C)C3C(C)C)C3CCC2C3(C)C)(C(C)C)C1C(C)C. The molecule has 4 aliphatic rings. The van der Waals surface area contributed by atoms with Gasteiger partial charge in [0, 0.05) is 11.8 Å². The third-order valence-electron chi connectivity index (χ3n) is 12.0. The van der Waals surface area contributed by atoms with Crippen molar-refractivity contribution < 1.29 is 19.1 Å². The molecule has 4 nitrogen and oxygen atoms in total. The van der Waals surface area contributed by atoms with Crippen LogP contribution in [0.25, 0.3) is 0 Å². The fraction of sp³-hybridized carbons (Fsp3) is 0.707. The smallest absolute Gasteiger partial charge is 0.335 e. The van der Waals surface area contributed by atoms with E-state index in [-0.39, 0.29) is 64.7 Å². The van der Waals surface area contributed by atoms with Gasteiger partial charge in [-0.05, 0) is 77.8 Å². The second-order valence-electron chi connectivity index (χ2n) is 16.9. The van der Waals surface area contributed by atoms with E-state index in [2.05, 4.69) is 133 Å². The van der Waals surface area contributed by atoms with Crippen LogP contribution in [0.5, 0.6) is 0 Å². The number of rotatable bonds is 10. The molecular weight excluding hydrogens is 556 g/mol. The van der Waals surface area contributed by atoms with Crippen molar-refractivity contribution in [2.24, 2.45) is 64.6 Å². The lowest BCUT2D eigenvalue weighted by molar-refractivity contribution is -0.165. The number of fused-ring (bicyclic) bond motifs is 2. The van der Waals surface area contributed by atoms with E-state index in [0.29, 0.717) is 23.0 Å². The van der Waals surface area contributed by atoms with Crippen molar-refractivity contribution >= 4 is 11.9 Å². The van der Waals surface area contributed by atoms with E-state index < -0.39 is 11.2 Å². The van der Waals surface area contributed by atoms with Gasteiger partial charge >= 0.3 is 11.9 Å². The molecule has 0 aromatic carbocycles. The third-order valence-corrected chi connectivity index (χ3v) is 12.0. The molecule has 0 N–H and O–H groups in total. The van der Waals surface area contributed by atoms with Gasteiger partial charge in [0.25, 0.3) is 0 Å². The minimum absolute atomic E-state index is 0.0316. The highest BCUT2D eigenvalue weighted by atomic mass is 16.6. The van der Waals surface area contributed by atoms with E-state index in [9.17, 15) is 9.59 Å². The lowest BCUT2D eigenvalue weighted by atomic mass is 9.65. The van der Waals surface area contributed by atoms with Crippen LogP contribution in [0.15, 0.2) is 58.7 Å². The number of hydrogen-bond donors (Lipinski definition) is 0. The highest BCUT2D eigenvalue weighted by molar-refractivity contribution is 6.03. The molecule has 6 unspecified atom stereocenters. The lowest BCUT2D eigenvalue weighted by Gasteiger charge is -2.47. The summed E-state index contributed by atoms with van der Waals surface area (Å²) in [6.07, 6.45) is 14.6. The Morgan fingerprint density at radius 2 is 0.956 bits per heavy atom. The van der Waals surface area contributed by atoms with E-state index in [1.165, 1.54) is 11.1 Å². The van der Waals surface area contributed by atoms with Crippen molar-refractivity contribution in [3.63, 3.8) is 0 Å². The minimum atomic E-state index is -0.793. The Hall–Kier alpha value is -2.36. The van der Waals surface area contributed by atoms with Crippen LogP contribution in [-0.4, -0.2) is 23.1 Å². The van der Waals surface area contributed by atoms with Crippen LogP contribution >= 0.6 is 0 Å². The van der Waals surface area contributed by atoms with Crippen LogP contribution < -0.4 is 0 Å². The molecule has 6 atom stereocenters. The molecule has 45 heavy (non-hydrogen) atoms. The average molecular weight is 619 g/mol. The maximum Gasteiger partial charge on any atom is 0.335 e. The summed E-state index contributed by atoms with van der Waals surface area (Å²) in [4.78, 5) is 29.4. The zero-order chi connectivity index (χ0) is 33.8. The quantitative estimate of drug-likeness (QED) is 0.229. The Morgan fingerprint density at radius 1 is 0.622 bits per heavy atom. The van der Waals surface area contributed by atoms with Crippen molar-refractivity contribution in [2.75, 3.05) is 0 Å². The van der Waals surface area contributed by atoms with Crippen LogP contribution in [0.3, 0.4) is 0 Å². The standard InChI is InChI=1S/C41H62O4/c1-23(2)29-17-15-21-40(27(9)10,35(29)25(5)6)44-37(42)33-31-19-20-32(39(31,13)14)34(33)38(43)45-41(28(11)12)22-16-18-30(24(3)4)36(41)26(7)8/h15-18,21-28,31-32,35-36H,19-20H2,1-14H3. The predicted molar refractivity (Wildman–Crippen MR) is 185 cm³/mol. The molecule has 4 aliphatic carbocycles. The van der Waals surface area contributed by atoms with Crippen molar-refractivity contribution in [3.05, 3.63) is 58.7 Å². The van der Waals surface area contributed by atoms with Gasteiger partial charge in [-0.2, -0.15) is 0 Å². The summed E-state index contributed by atoms with van der Waals surface area (Å²) < 4.78 is 13.6. The molecule has 0 saturated heterocycles. The maximum atomic E-state index is 14.7. The molecule has 0 aromatic heterocycles. The Balaban J connectivity index is 1.81. The Morgan fingerprint density at radius 3 is 1.22 bits per heavy atom. The molecule has 0 aliphatic heterocycles. The number of allylic oxidation sites excluding steroid dienone is 4. The molecule has 0 aromatic rings. The molecule has 0 heterocycles. The first-order chi connectivity index (χ1) is 20.8. The van der Waals surface area contributed by atoms with Crippen molar-refractivity contribution in [3.8, 4) is 0 Å². The monoisotopic (exact) mass is 618 g/mol. The first-order valence-corrected chi connectivity index (χ1v) is 17.8. The van der Waals surface area contributed by atoms with E-state index in [4.69, 9.17) is 9.47 Å². The van der Waals surface area contributed by atoms with Crippen LogP contribution in [0.1, 0.15) is 110 Å². The first kappa shape index (κ1) is 35.5. The summed E-state index contributed by atoms with van der Waals surface area (Å²) in [6.45, 7) is 30.8. The summed E-state index contributed by atoms with van der Waals surface area (Å²) >= 11 is 0. The zero-order valence-corrected chi connectivity index (χ0v) is 30.8. The Labute approximate surface area is 274 Å². The van der Waals surface area contributed by atoms with Crippen molar-refractivity contribution in [1.82, 2.24) is 0 Å². The summed E-state index contributed by atoms with van der Waals surface area (Å²) in [5, 5.41) is 0. The molecule has 1 fully saturated rings. The van der Waals surface area contributed by atoms with Crippen LogP contribution in [0.2, 0.25) is 0 Å². The van der Waals surface area contributed by atoms with Gasteiger partial charge < -0.3 is 9.47 Å². The summed E-state index contributed by atoms with van der Waals surface area (Å²) in [5.41, 5.74) is 1.95. The van der Waals surface area contributed by atoms with Gasteiger partial charge in [0.05, 0.1) is 11.1 Å². The first-order valence-electron chi connectivity index (χ1n) is 17.8. The van der Waals surface area contributed by atoms with Crippen molar-refractivity contribution in [2.45, 2.75) is 121 Å². The minimum Gasteiger partial charge on any atom is -0.450 e. The largest absolute Gasteiger partial charge is 0.450 e. The van der Waals surface area contributed by atoms with E-state index >= 15 is 0 Å². The fourth-order valence-corrected chi connectivity index (χ4v) is 9.67. The zero-order valence-electron chi connectivity index (χ0n) is 30.8. The average Bonchev–Trinajstić information content (AvgIpc) is 3.36. The molecule has 250 valence electrons. The van der Waals surface area contributed by atoms with Gasteiger partial charge in [-0.25, -0.2) is 9.59 Å². The number of esters is 2. The molecule has 2 bridgehead atoms.